The molecule has 2 fully saturated rings. The largest absolute Gasteiger partial charge is 0.481 e. The molecule has 1 unspecified atom stereocenters. The molecular formula is C18H33NO4. The summed E-state index contributed by atoms with van der Waals surface area (Å²) in [6.07, 6.45) is 14.4. The van der Waals surface area contributed by atoms with Crippen LogP contribution < -0.4 is 5.32 Å². The molecule has 134 valence electrons. The van der Waals surface area contributed by atoms with E-state index in [1.54, 1.807) is 0 Å². The minimum atomic E-state index is -0.954. The van der Waals surface area contributed by atoms with Crippen molar-refractivity contribution in [2.75, 3.05) is 0 Å². The monoisotopic (exact) mass is 327 g/mol. The van der Waals surface area contributed by atoms with Crippen LogP contribution in [-0.4, -0.2) is 40.7 Å². The predicted octanol–water partition coefficient (Wildman–Crippen LogP) is 3.04. The topological polar surface area (TPSA) is 86.6 Å². The standard InChI is InChI=1S/C12H23N.C6H10O4/c1-3-7-11(8-4-1)13-12-9-5-2-6-10-12;7-4-3-5(8)1-2-6(9)10/h11-13H,1-10H2;4-5,8H,1-3H2,(H,9,10). The van der Waals surface area contributed by atoms with Crippen LogP contribution in [0.1, 0.15) is 83.5 Å². The van der Waals surface area contributed by atoms with Gasteiger partial charge in [-0.05, 0) is 32.1 Å². The van der Waals surface area contributed by atoms with Gasteiger partial charge in [-0.2, -0.15) is 0 Å². The van der Waals surface area contributed by atoms with Crippen LogP contribution in [0.2, 0.25) is 0 Å². The number of aliphatic hydroxyl groups is 1. The first kappa shape index (κ1) is 20.1. The Bertz CT molecular complexity index is 307. The van der Waals surface area contributed by atoms with Crippen LogP contribution in [0.3, 0.4) is 0 Å². The molecule has 0 radical (unpaired) electrons. The second kappa shape index (κ2) is 12.5. The van der Waals surface area contributed by atoms with Gasteiger partial charge in [0.1, 0.15) is 6.29 Å². The number of carboxylic acid groups (broad SMARTS) is 1. The van der Waals surface area contributed by atoms with Gasteiger partial charge in [-0.25, -0.2) is 0 Å². The van der Waals surface area contributed by atoms with Gasteiger partial charge in [-0.15, -0.1) is 0 Å². The molecule has 5 nitrogen and oxygen atoms in total. The molecule has 2 saturated carbocycles. The molecule has 5 heteroatoms. The van der Waals surface area contributed by atoms with Crippen molar-refractivity contribution in [3.05, 3.63) is 0 Å². The number of hydrogen-bond acceptors (Lipinski definition) is 4. The van der Waals surface area contributed by atoms with E-state index in [-0.39, 0.29) is 19.3 Å². The minimum absolute atomic E-state index is 0.0211. The summed E-state index contributed by atoms with van der Waals surface area (Å²) in [5.41, 5.74) is 0. The number of carbonyl (C=O) groups excluding carboxylic acids is 1. The molecule has 0 bridgehead atoms. The van der Waals surface area contributed by atoms with Gasteiger partial charge in [0.25, 0.3) is 0 Å². The van der Waals surface area contributed by atoms with E-state index in [0.29, 0.717) is 6.29 Å². The summed E-state index contributed by atoms with van der Waals surface area (Å²) in [7, 11) is 0. The number of hydrogen-bond donors (Lipinski definition) is 3. The van der Waals surface area contributed by atoms with Crippen molar-refractivity contribution in [1.29, 1.82) is 0 Å². The van der Waals surface area contributed by atoms with Crippen LogP contribution in [0, 0.1) is 0 Å². The number of carboxylic acids is 1. The Morgan fingerprint density at radius 2 is 1.48 bits per heavy atom. The lowest BCUT2D eigenvalue weighted by atomic mass is 9.91. The van der Waals surface area contributed by atoms with Crippen molar-refractivity contribution in [3.8, 4) is 0 Å². The molecule has 0 heterocycles. The highest BCUT2D eigenvalue weighted by atomic mass is 16.4. The molecule has 0 amide bonds. The smallest absolute Gasteiger partial charge is 0.303 e. The Morgan fingerprint density at radius 1 is 1.00 bits per heavy atom. The lowest BCUT2D eigenvalue weighted by Gasteiger charge is -2.30. The van der Waals surface area contributed by atoms with Crippen molar-refractivity contribution < 1.29 is 19.8 Å². The second-order valence-electron chi connectivity index (χ2n) is 6.83. The third-order valence-electron chi connectivity index (χ3n) is 4.74. The first-order chi connectivity index (χ1) is 11.1. The zero-order valence-corrected chi connectivity index (χ0v) is 14.2. The van der Waals surface area contributed by atoms with Gasteiger partial charge in [0.05, 0.1) is 6.10 Å². The summed E-state index contributed by atoms with van der Waals surface area (Å²) in [5, 5.41) is 20.8. The van der Waals surface area contributed by atoms with E-state index >= 15 is 0 Å². The molecule has 0 aromatic heterocycles. The summed E-state index contributed by atoms with van der Waals surface area (Å²) in [6, 6.07) is 1.74. The van der Waals surface area contributed by atoms with E-state index in [4.69, 9.17) is 10.2 Å². The van der Waals surface area contributed by atoms with Gasteiger partial charge in [0, 0.05) is 24.9 Å². The molecule has 3 N–H and O–H groups in total. The minimum Gasteiger partial charge on any atom is -0.481 e. The summed E-state index contributed by atoms with van der Waals surface area (Å²) < 4.78 is 0. The van der Waals surface area contributed by atoms with E-state index in [1.165, 1.54) is 64.2 Å². The molecule has 0 aromatic rings. The number of aliphatic carboxylic acids is 1. The molecule has 0 aliphatic heterocycles. The molecule has 1 atom stereocenters. The lowest BCUT2D eigenvalue weighted by molar-refractivity contribution is -0.137. The SMILES string of the molecule is C1CCC(NC2CCCCC2)CC1.O=CCC(O)CCC(=O)O. The first-order valence-electron chi connectivity index (χ1n) is 9.21. The Morgan fingerprint density at radius 3 is 1.87 bits per heavy atom. The van der Waals surface area contributed by atoms with E-state index in [0.717, 1.165) is 12.1 Å². The Labute approximate surface area is 139 Å². The molecular weight excluding hydrogens is 294 g/mol. The van der Waals surface area contributed by atoms with Crippen molar-refractivity contribution in [3.63, 3.8) is 0 Å². The predicted molar refractivity (Wildman–Crippen MR) is 90.4 cm³/mol. The third kappa shape index (κ3) is 10.4. The fraction of sp³-hybridized carbons (Fsp3) is 0.889. The van der Waals surface area contributed by atoms with Gasteiger partial charge in [0.2, 0.25) is 0 Å². The normalized spacial score (nSPS) is 21.1. The van der Waals surface area contributed by atoms with E-state index < -0.39 is 12.1 Å². The number of nitrogens with one attached hydrogen (secondary N) is 1. The Kier molecular flexibility index (Phi) is 10.9. The number of aldehydes is 1. The van der Waals surface area contributed by atoms with Crippen LogP contribution in [0.4, 0.5) is 0 Å². The van der Waals surface area contributed by atoms with Gasteiger partial charge in [0.15, 0.2) is 0 Å². The van der Waals surface area contributed by atoms with Crippen LogP contribution >= 0.6 is 0 Å². The summed E-state index contributed by atoms with van der Waals surface area (Å²) in [4.78, 5) is 19.7. The maximum Gasteiger partial charge on any atom is 0.303 e. The van der Waals surface area contributed by atoms with E-state index in [1.807, 2.05) is 0 Å². The van der Waals surface area contributed by atoms with Crippen LogP contribution in [0.25, 0.3) is 0 Å². The number of carbonyl (C=O) groups is 2. The molecule has 2 aliphatic rings. The van der Waals surface area contributed by atoms with Crippen molar-refractivity contribution >= 4 is 12.3 Å². The zero-order valence-electron chi connectivity index (χ0n) is 14.2. The lowest BCUT2D eigenvalue weighted by Crippen LogP contribution is -2.40. The molecule has 2 rings (SSSR count). The third-order valence-corrected chi connectivity index (χ3v) is 4.74. The molecule has 0 spiro atoms. The van der Waals surface area contributed by atoms with Gasteiger partial charge in [-0.1, -0.05) is 38.5 Å². The highest BCUT2D eigenvalue weighted by Crippen LogP contribution is 2.22. The number of rotatable bonds is 7. The van der Waals surface area contributed by atoms with Crippen LogP contribution in [-0.2, 0) is 9.59 Å². The average Bonchev–Trinajstić information content (AvgIpc) is 2.56. The van der Waals surface area contributed by atoms with E-state index in [9.17, 15) is 9.59 Å². The Balaban J connectivity index is 0.000000241. The summed E-state index contributed by atoms with van der Waals surface area (Å²) in [5.74, 6) is -0.954. The fourth-order valence-corrected chi connectivity index (χ4v) is 3.39. The van der Waals surface area contributed by atoms with Gasteiger partial charge < -0.3 is 20.3 Å². The summed E-state index contributed by atoms with van der Waals surface area (Å²) in [6.45, 7) is 0. The number of aliphatic hydroxyl groups excluding tert-OH is 1. The van der Waals surface area contributed by atoms with Crippen molar-refractivity contribution in [1.82, 2.24) is 5.32 Å². The first-order valence-corrected chi connectivity index (χ1v) is 9.21. The maximum absolute atomic E-state index is 9.91. The van der Waals surface area contributed by atoms with Crippen molar-refractivity contribution in [2.45, 2.75) is 102 Å². The van der Waals surface area contributed by atoms with Gasteiger partial charge in [-0.3, -0.25) is 4.79 Å². The molecule has 2 aliphatic carbocycles. The quantitative estimate of drug-likeness (QED) is 0.626. The summed E-state index contributed by atoms with van der Waals surface area (Å²) >= 11 is 0. The van der Waals surface area contributed by atoms with Crippen molar-refractivity contribution in [2.24, 2.45) is 0 Å². The average molecular weight is 327 g/mol. The van der Waals surface area contributed by atoms with Gasteiger partial charge >= 0.3 is 5.97 Å². The van der Waals surface area contributed by atoms with Crippen LogP contribution in [0.15, 0.2) is 0 Å². The molecule has 0 aromatic carbocycles. The zero-order chi connectivity index (χ0) is 16.9. The Hall–Kier alpha value is -0.940. The van der Waals surface area contributed by atoms with Crippen LogP contribution in [0.5, 0.6) is 0 Å². The maximum atomic E-state index is 9.91. The molecule has 0 saturated heterocycles. The highest BCUT2D eigenvalue weighted by Gasteiger charge is 2.19. The van der Waals surface area contributed by atoms with E-state index in [2.05, 4.69) is 5.32 Å². The fourth-order valence-electron chi connectivity index (χ4n) is 3.39. The second-order valence-corrected chi connectivity index (χ2v) is 6.83. The highest BCUT2D eigenvalue weighted by molar-refractivity contribution is 5.66. The molecule has 23 heavy (non-hydrogen) atoms.